The number of rotatable bonds is 1. The summed E-state index contributed by atoms with van der Waals surface area (Å²) in [6, 6.07) is 8.71. The molecule has 0 unspecified atom stereocenters. The Morgan fingerprint density at radius 2 is 1.75 bits per heavy atom. The minimum absolute atomic E-state index is 0.222. The standard InChI is InChI=1S/C6H6O.C3H6O2/c7-6-4-2-1-3-5-6;1-2-3(4)5/h1-5,7H;2H2,1H3,(H,4,5). The van der Waals surface area contributed by atoms with Gasteiger partial charge in [-0.15, -0.1) is 0 Å². The summed E-state index contributed by atoms with van der Waals surface area (Å²) in [5.74, 6) is -0.424. The Hall–Kier alpha value is -1.51. The van der Waals surface area contributed by atoms with Crippen molar-refractivity contribution in [2.75, 3.05) is 0 Å². The van der Waals surface area contributed by atoms with E-state index in [1.807, 2.05) is 6.07 Å². The van der Waals surface area contributed by atoms with Crippen molar-refractivity contribution < 1.29 is 15.0 Å². The summed E-state index contributed by atoms with van der Waals surface area (Å²) in [5, 5.41) is 16.4. The average Bonchev–Trinajstić information content (AvgIpc) is 2.07. The van der Waals surface area contributed by atoms with Crippen molar-refractivity contribution in [1.82, 2.24) is 0 Å². The summed E-state index contributed by atoms with van der Waals surface area (Å²) in [5.41, 5.74) is 0. The molecule has 2 N–H and O–H groups in total. The summed E-state index contributed by atoms with van der Waals surface area (Å²) in [6.07, 6.45) is 0.222. The van der Waals surface area contributed by atoms with E-state index in [0.29, 0.717) is 5.75 Å². The molecule has 0 radical (unpaired) electrons. The van der Waals surface area contributed by atoms with E-state index in [-0.39, 0.29) is 6.42 Å². The van der Waals surface area contributed by atoms with Crippen LogP contribution in [0.15, 0.2) is 30.3 Å². The van der Waals surface area contributed by atoms with Gasteiger partial charge in [-0.1, -0.05) is 25.1 Å². The van der Waals surface area contributed by atoms with E-state index in [2.05, 4.69) is 0 Å². The highest BCUT2D eigenvalue weighted by Gasteiger charge is 1.80. The number of carbonyl (C=O) groups is 1. The van der Waals surface area contributed by atoms with Gasteiger partial charge in [0, 0.05) is 6.42 Å². The maximum absolute atomic E-state index is 9.37. The largest absolute Gasteiger partial charge is 0.508 e. The zero-order valence-corrected chi connectivity index (χ0v) is 6.90. The minimum Gasteiger partial charge on any atom is -0.508 e. The second kappa shape index (κ2) is 6.22. The van der Waals surface area contributed by atoms with Crippen molar-refractivity contribution in [1.29, 1.82) is 0 Å². The first-order valence-corrected chi connectivity index (χ1v) is 3.62. The predicted molar refractivity (Wildman–Crippen MR) is 46.0 cm³/mol. The van der Waals surface area contributed by atoms with Gasteiger partial charge >= 0.3 is 5.97 Å². The van der Waals surface area contributed by atoms with Crippen molar-refractivity contribution in [2.24, 2.45) is 0 Å². The Morgan fingerprint density at radius 1 is 1.33 bits per heavy atom. The van der Waals surface area contributed by atoms with E-state index in [0.717, 1.165) is 0 Å². The maximum Gasteiger partial charge on any atom is 0.303 e. The summed E-state index contributed by atoms with van der Waals surface area (Å²) < 4.78 is 0. The van der Waals surface area contributed by atoms with Crippen molar-refractivity contribution in [3.05, 3.63) is 30.3 Å². The molecule has 0 spiro atoms. The van der Waals surface area contributed by atoms with Gasteiger partial charge < -0.3 is 10.2 Å². The fraction of sp³-hybridized carbons (Fsp3) is 0.222. The Labute approximate surface area is 71.3 Å². The third-order valence-electron chi connectivity index (χ3n) is 1.06. The number of hydrogen-bond donors (Lipinski definition) is 2. The fourth-order valence-electron chi connectivity index (χ4n) is 0.428. The van der Waals surface area contributed by atoms with Crippen LogP contribution in [0.25, 0.3) is 0 Å². The molecule has 0 atom stereocenters. The second-order valence-corrected chi connectivity index (χ2v) is 2.08. The number of aromatic hydroxyl groups is 1. The molecule has 0 aliphatic heterocycles. The summed E-state index contributed by atoms with van der Waals surface area (Å²) in [6.45, 7) is 1.60. The Morgan fingerprint density at radius 3 is 1.92 bits per heavy atom. The number of para-hydroxylation sites is 1. The SMILES string of the molecule is CCC(=O)O.Oc1ccccc1. The molecule has 1 aromatic carbocycles. The highest BCUT2D eigenvalue weighted by atomic mass is 16.4. The van der Waals surface area contributed by atoms with Gasteiger partial charge in [-0.05, 0) is 12.1 Å². The van der Waals surface area contributed by atoms with Crippen molar-refractivity contribution in [2.45, 2.75) is 13.3 Å². The summed E-state index contributed by atoms with van der Waals surface area (Å²) in [7, 11) is 0. The number of hydrogen-bond acceptors (Lipinski definition) is 2. The van der Waals surface area contributed by atoms with Gasteiger partial charge in [-0.2, -0.15) is 0 Å². The molecule has 0 fully saturated rings. The maximum atomic E-state index is 9.37. The van der Waals surface area contributed by atoms with Crippen LogP contribution in [0, 0.1) is 0 Å². The number of phenolic OH excluding ortho intramolecular Hbond substituents is 1. The minimum atomic E-state index is -0.745. The summed E-state index contributed by atoms with van der Waals surface area (Å²) in [4.78, 5) is 9.37. The van der Waals surface area contributed by atoms with Gasteiger partial charge in [-0.3, -0.25) is 4.79 Å². The molecule has 0 saturated heterocycles. The van der Waals surface area contributed by atoms with Crippen LogP contribution < -0.4 is 0 Å². The number of phenols is 1. The molecule has 0 amide bonds. The Bertz CT molecular complexity index is 218. The van der Waals surface area contributed by atoms with Gasteiger partial charge in [-0.25, -0.2) is 0 Å². The van der Waals surface area contributed by atoms with Crippen LogP contribution in [0.3, 0.4) is 0 Å². The average molecular weight is 168 g/mol. The van der Waals surface area contributed by atoms with Crippen LogP contribution in [-0.4, -0.2) is 16.2 Å². The fourth-order valence-corrected chi connectivity index (χ4v) is 0.428. The van der Waals surface area contributed by atoms with Crippen LogP contribution in [0.5, 0.6) is 5.75 Å². The van der Waals surface area contributed by atoms with Crippen LogP contribution in [0.1, 0.15) is 13.3 Å². The lowest BCUT2D eigenvalue weighted by atomic mass is 10.3. The second-order valence-electron chi connectivity index (χ2n) is 2.08. The highest BCUT2D eigenvalue weighted by Crippen LogP contribution is 2.02. The normalized spacial score (nSPS) is 8.08. The molecule has 0 heterocycles. The van der Waals surface area contributed by atoms with Crippen LogP contribution in [0.4, 0.5) is 0 Å². The number of carboxylic acid groups (broad SMARTS) is 1. The molecular weight excluding hydrogens is 156 g/mol. The van der Waals surface area contributed by atoms with E-state index >= 15 is 0 Å². The van der Waals surface area contributed by atoms with E-state index in [9.17, 15) is 4.79 Å². The molecular formula is C9H12O3. The zero-order chi connectivity index (χ0) is 9.40. The Balaban J connectivity index is 0.000000217. The van der Waals surface area contributed by atoms with Gasteiger partial charge in [0.2, 0.25) is 0 Å². The third kappa shape index (κ3) is 6.61. The molecule has 0 aliphatic rings. The molecule has 0 aliphatic carbocycles. The first-order chi connectivity index (χ1) is 5.66. The lowest BCUT2D eigenvalue weighted by Gasteiger charge is -1.82. The van der Waals surface area contributed by atoms with E-state index in [1.165, 1.54) is 0 Å². The van der Waals surface area contributed by atoms with Crippen LogP contribution in [-0.2, 0) is 4.79 Å². The summed E-state index contributed by atoms with van der Waals surface area (Å²) >= 11 is 0. The third-order valence-corrected chi connectivity index (χ3v) is 1.06. The molecule has 0 saturated carbocycles. The predicted octanol–water partition coefficient (Wildman–Crippen LogP) is 1.87. The molecule has 0 aromatic heterocycles. The van der Waals surface area contributed by atoms with E-state index in [1.54, 1.807) is 31.2 Å². The first kappa shape index (κ1) is 10.5. The molecule has 0 bridgehead atoms. The molecule has 1 rings (SSSR count). The molecule has 3 nitrogen and oxygen atoms in total. The topological polar surface area (TPSA) is 57.5 Å². The zero-order valence-electron chi connectivity index (χ0n) is 6.90. The van der Waals surface area contributed by atoms with Crippen molar-refractivity contribution in [3.63, 3.8) is 0 Å². The number of carboxylic acids is 1. The quantitative estimate of drug-likeness (QED) is 0.673. The van der Waals surface area contributed by atoms with Gasteiger partial charge in [0.25, 0.3) is 0 Å². The van der Waals surface area contributed by atoms with Gasteiger partial charge in [0.15, 0.2) is 0 Å². The smallest absolute Gasteiger partial charge is 0.303 e. The van der Waals surface area contributed by atoms with E-state index < -0.39 is 5.97 Å². The molecule has 66 valence electrons. The van der Waals surface area contributed by atoms with Crippen LogP contribution in [0.2, 0.25) is 0 Å². The van der Waals surface area contributed by atoms with Gasteiger partial charge in [0.1, 0.15) is 5.75 Å². The molecule has 1 aromatic rings. The number of aliphatic carboxylic acids is 1. The molecule has 3 heteroatoms. The van der Waals surface area contributed by atoms with E-state index in [4.69, 9.17) is 10.2 Å². The van der Waals surface area contributed by atoms with Crippen molar-refractivity contribution in [3.8, 4) is 5.75 Å². The lowest BCUT2D eigenvalue weighted by Crippen LogP contribution is -1.86. The first-order valence-electron chi connectivity index (χ1n) is 3.62. The highest BCUT2D eigenvalue weighted by molar-refractivity contribution is 5.66. The lowest BCUT2D eigenvalue weighted by molar-refractivity contribution is -0.136. The van der Waals surface area contributed by atoms with Crippen molar-refractivity contribution >= 4 is 5.97 Å². The number of benzene rings is 1. The molecule has 12 heavy (non-hydrogen) atoms. The van der Waals surface area contributed by atoms with Crippen LogP contribution >= 0.6 is 0 Å². The van der Waals surface area contributed by atoms with Gasteiger partial charge in [0.05, 0.1) is 0 Å². The Kier molecular flexibility index (Phi) is 5.43. The monoisotopic (exact) mass is 168 g/mol.